The van der Waals surface area contributed by atoms with Crippen LogP contribution in [0.1, 0.15) is 44.2 Å². The third kappa shape index (κ3) is 10.2. The molecule has 1 heterocycles. The van der Waals surface area contributed by atoms with E-state index >= 15 is 0 Å². The second kappa shape index (κ2) is 14.2. The van der Waals surface area contributed by atoms with Gasteiger partial charge in [0.25, 0.3) is 0 Å². The van der Waals surface area contributed by atoms with E-state index in [0.29, 0.717) is 18.0 Å². The molecule has 9 heteroatoms. The summed E-state index contributed by atoms with van der Waals surface area (Å²) < 4.78 is 38.8. The number of nitrogens with one attached hydrogen (secondary N) is 2. The number of alkyl halides is 3. The maximum atomic E-state index is 12.9. The minimum Gasteiger partial charge on any atom is -0.357 e. The summed E-state index contributed by atoms with van der Waals surface area (Å²) >= 11 is 0. The molecule has 1 aromatic rings. The Balaban J connectivity index is 0.00000512. The summed E-state index contributed by atoms with van der Waals surface area (Å²) in [7, 11) is 2.16. The monoisotopic (exact) mass is 569 g/mol. The number of hydrogen-bond donors (Lipinski definition) is 2. The zero-order valence-electron chi connectivity index (χ0n) is 19.7. The van der Waals surface area contributed by atoms with E-state index < -0.39 is 11.7 Å². The molecule has 1 aromatic carbocycles. The van der Waals surface area contributed by atoms with E-state index in [1.165, 1.54) is 12.1 Å². The van der Waals surface area contributed by atoms with Crippen molar-refractivity contribution in [2.24, 2.45) is 10.9 Å². The smallest absolute Gasteiger partial charge is 0.357 e. The molecule has 0 saturated carbocycles. The lowest BCUT2D eigenvalue weighted by molar-refractivity contribution is -0.137. The minimum atomic E-state index is -4.31. The lowest BCUT2D eigenvalue weighted by Crippen LogP contribution is -2.46. The molecule has 2 unspecified atom stereocenters. The number of likely N-dealkylation sites (N-methyl/N-ethyl adjacent to an activating group) is 1. The van der Waals surface area contributed by atoms with Crippen LogP contribution < -0.4 is 10.6 Å². The van der Waals surface area contributed by atoms with Crippen LogP contribution in [0.5, 0.6) is 0 Å². The zero-order chi connectivity index (χ0) is 22.9. The summed E-state index contributed by atoms with van der Waals surface area (Å²) in [6.45, 7) is 13.9. The molecule has 0 radical (unpaired) electrons. The second-order valence-corrected chi connectivity index (χ2v) is 8.67. The Kier molecular flexibility index (Phi) is 12.9. The van der Waals surface area contributed by atoms with Crippen molar-refractivity contribution < 1.29 is 13.2 Å². The van der Waals surface area contributed by atoms with Gasteiger partial charge < -0.3 is 20.4 Å². The van der Waals surface area contributed by atoms with Crippen LogP contribution in [0.4, 0.5) is 13.2 Å². The van der Waals surface area contributed by atoms with E-state index in [1.54, 1.807) is 6.07 Å². The van der Waals surface area contributed by atoms with Crippen LogP contribution in [0.25, 0.3) is 0 Å². The second-order valence-electron chi connectivity index (χ2n) is 8.67. The summed E-state index contributed by atoms with van der Waals surface area (Å²) in [5.74, 6) is 1.25. The molecule has 1 saturated heterocycles. The molecule has 1 fully saturated rings. The van der Waals surface area contributed by atoms with Crippen molar-refractivity contribution in [3.05, 3.63) is 35.4 Å². The van der Waals surface area contributed by atoms with E-state index in [-0.39, 0.29) is 29.9 Å². The van der Waals surface area contributed by atoms with Gasteiger partial charge in [-0.1, -0.05) is 32.0 Å². The quantitative estimate of drug-likeness (QED) is 0.265. The van der Waals surface area contributed by atoms with E-state index in [0.717, 1.165) is 64.3 Å². The summed E-state index contributed by atoms with van der Waals surface area (Å²) in [5, 5.41) is 6.59. The average Bonchev–Trinajstić information content (AvgIpc) is 2.73. The highest BCUT2D eigenvalue weighted by atomic mass is 127. The van der Waals surface area contributed by atoms with Gasteiger partial charge in [-0.05, 0) is 43.9 Å². The molecular formula is C23H39F3IN5. The number of nitrogens with zero attached hydrogens (tertiary/aromatic N) is 3. The van der Waals surface area contributed by atoms with Gasteiger partial charge in [0.1, 0.15) is 0 Å². The van der Waals surface area contributed by atoms with E-state index in [2.05, 4.69) is 34.4 Å². The highest BCUT2D eigenvalue weighted by Gasteiger charge is 2.30. The van der Waals surface area contributed by atoms with Gasteiger partial charge in [0.15, 0.2) is 5.96 Å². The number of hydrogen-bond acceptors (Lipinski definition) is 3. The molecule has 0 aromatic heterocycles. The Hall–Kier alpha value is -1.07. The largest absolute Gasteiger partial charge is 0.416 e. The van der Waals surface area contributed by atoms with E-state index in [1.807, 2.05) is 13.8 Å². The first kappa shape index (κ1) is 29.0. The molecule has 32 heavy (non-hydrogen) atoms. The number of guanidine groups is 1. The minimum absolute atomic E-state index is 0. The molecule has 0 amide bonds. The fourth-order valence-corrected chi connectivity index (χ4v) is 3.71. The first-order valence-corrected chi connectivity index (χ1v) is 11.3. The van der Waals surface area contributed by atoms with Crippen molar-refractivity contribution in [1.29, 1.82) is 0 Å². The van der Waals surface area contributed by atoms with Gasteiger partial charge in [0, 0.05) is 52.4 Å². The Labute approximate surface area is 208 Å². The first-order valence-electron chi connectivity index (χ1n) is 11.3. The fourth-order valence-electron chi connectivity index (χ4n) is 3.71. The van der Waals surface area contributed by atoms with Crippen LogP contribution in [-0.4, -0.2) is 75.2 Å². The van der Waals surface area contributed by atoms with Crippen molar-refractivity contribution in [2.75, 3.05) is 59.4 Å². The molecule has 2 atom stereocenters. The third-order valence-electron chi connectivity index (χ3n) is 5.72. The van der Waals surface area contributed by atoms with E-state index in [9.17, 15) is 13.2 Å². The fraction of sp³-hybridized carbons (Fsp3) is 0.696. The van der Waals surface area contributed by atoms with Gasteiger partial charge in [0.2, 0.25) is 0 Å². The zero-order valence-corrected chi connectivity index (χ0v) is 22.0. The predicted octanol–water partition coefficient (Wildman–Crippen LogP) is 4.26. The van der Waals surface area contributed by atoms with Crippen LogP contribution in [0.3, 0.4) is 0 Å². The van der Waals surface area contributed by atoms with Crippen LogP contribution in [-0.2, 0) is 6.18 Å². The van der Waals surface area contributed by atoms with Crippen LogP contribution >= 0.6 is 24.0 Å². The Morgan fingerprint density at radius 3 is 2.44 bits per heavy atom. The third-order valence-corrected chi connectivity index (χ3v) is 5.72. The summed E-state index contributed by atoms with van der Waals surface area (Å²) in [4.78, 5) is 9.57. The maximum Gasteiger partial charge on any atom is 0.416 e. The lowest BCUT2D eigenvalue weighted by Gasteiger charge is -2.33. The Morgan fingerprint density at radius 1 is 1.12 bits per heavy atom. The summed E-state index contributed by atoms with van der Waals surface area (Å²) in [5.41, 5.74) is 0.119. The maximum absolute atomic E-state index is 12.9. The molecule has 0 bridgehead atoms. The first-order chi connectivity index (χ1) is 14.7. The normalized spacial score (nSPS) is 18.0. The number of halogens is 4. The Morgan fingerprint density at radius 2 is 1.81 bits per heavy atom. The average molecular weight is 569 g/mol. The molecule has 184 valence electrons. The van der Waals surface area contributed by atoms with Gasteiger partial charge in [-0.25, -0.2) is 0 Å². The van der Waals surface area contributed by atoms with Gasteiger partial charge in [-0.2, -0.15) is 13.2 Å². The van der Waals surface area contributed by atoms with Gasteiger partial charge in [-0.15, -0.1) is 24.0 Å². The van der Waals surface area contributed by atoms with Crippen molar-refractivity contribution in [3.63, 3.8) is 0 Å². The molecule has 2 N–H and O–H groups in total. The van der Waals surface area contributed by atoms with Crippen molar-refractivity contribution in [3.8, 4) is 0 Å². The van der Waals surface area contributed by atoms with Crippen LogP contribution in [0.15, 0.2) is 29.3 Å². The summed E-state index contributed by atoms with van der Waals surface area (Å²) in [6.07, 6.45) is -3.58. The Bertz CT molecular complexity index is 690. The molecular weight excluding hydrogens is 530 g/mol. The highest BCUT2D eigenvalue weighted by molar-refractivity contribution is 14.0. The summed E-state index contributed by atoms with van der Waals surface area (Å²) in [6, 6.07) is 5.62. The molecule has 0 spiro atoms. The van der Waals surface area contributed by atoms with Crippen molar-refractivity contribution in [2.45, 2.75) is 39.3 Å². The SMILES string of the molecule is CCNC(=NCC(C)CN1CCN(C)CC1)NCCC(C)c1cccc(C(F)(F)F)c1.I. The molecule has 2 rings (SSSR count). The van der Waals surface area contributed by atoms with Gasteiger partial charge in [-0.3, -0.25) is 4.99 Å². The molecule has 1 aliphatic rings. The van der Waals surface area contributed by atoms with Crippen molar-refractivity contribution in [1.82, 2.24) is 20.4 Å². The molecule has 5 nitrogen and oxygen atoms in total. The highest BCUT2D eigenvalue weighted by Crippen LogP contribution is 2.31. The molecule has 0 aliphatic carbocycles. The number of rotatable bonds is 9. The topological polar surface area (TPSA) is 42.9 Å². The lowest BCUT2D eigenvalue weighted by atomic mass is 9.96. The van der Waals surface area contributed by atoms with Crippen LogP contribution in [0, 0.1) is 5.92 Å². The van der Waals surface area contributed by atoms with Crippen molar-refractivity contribution >= 4 is 29.9 Å². The number of benzene rings is 1. The van der Waals surface area contributed by atoms with E-state index in [4.69, 9.17) is 4.99 Å². The van der Waals surface area contributed by atoms with Gasteiger partial charge in [0.05, 0.1) is 5.56 Å². The molecule has 1 aliphatic heterocycles. The van der Waals surface area contributed by atoms with Crippen LogP contribution in [0.2, 0.25) is 0 Å². The number of aliphatic imine (C=N–C) groups is 1. The standard InChI is InChI=1S/C23H38F3N5.HI/c1-5-27-22(29-16-18(2)17-31-13-11-30(4)12-14-31)28-10-9-19(3)20-7-6-8-21(15-20)23(24,25)26;/h6-8,15,18-19H,5,9-14,16-17H2,1-4H3,(H2,27,28,29);1H. The van der Waals surface area contributed by atoms with Gasteiger partial charge >= 0.3 is 6.18 Å². The predicted molar refractivity (Wildman–Crippen MR) is 137 cm³/mol. The number of piperazine rings is 1.